The maximum atomic E-state index is 6.50. The Hall–Kier alpha value is -0.530. The van der Waals surface area contributed by atoms with E-state index in [1.54, 1.807) is 0 Å². The van der Waals surface area contributed by atoms with Gasteiger partial charge in [-0.25, -0.2) is 5.26 Å². The van der Waals surface area contributed by atoms with Crippen molar-refractivity contribution < 1.29 is 0 Å². The summed E-state index contributed by atoms with van der Waals surface area (Å²) in [6.07, 6.45) is 0. The van der Waals surface area contributed by atoms with E-state index in [4.69, 9.17) is 11.0 Å². The fraction of sp³-hybridized carbons (Fsp3) is 0. The molecule has 1 aromatic carbocycles. The van der Waals surface area contributed by atoms with E-state index in [0.29, 0.717) is 0 Å². The second-order valence-corrected chi connectivity index (χ2v) is 3.44. The van der Waals surface area contributed by atoms with Crippen molar-refractivity contribution in [1.29, 1.82) is 5.26 Å². The van der Waals surface area contributed by atoms with Crippen molar-refractivity contribution in [2.45, 2.75) is 0 Å². The number of nitrogen functional groups attached to an aromatic ring is 1. The molecule has 0 aromatic heterocycles. The third kappa shape index (κ3) is 3.40. The molecule has 0 atom stereocenters. The lowest BCUT2D eigenvalue weighted by atomic mass is 10.3. The summed E-state index contributed by atoms with van der Waals surface area (Å²) in [6, 6.07) is 5.66. The molecule has 0 aliphatic rings. The summed E-state index contributed by atoms with van der Waals surface area (Å²) in [4.78, 5) is 0. The molecule has 11 heavy (non-hydrogen) atoms. The number of anilines is 1. The van der Waals surface area contributed by atoms with Gasteiger partial charge in [-0.15, -0.1) is 0 Å². The number of nitrogens with two attached hydrogens (primary N) is 1. The third-order valence-electron chi connectivity index (χ3n) is 0.962. The third-order valence-corrected chi connectivity index (χ3v) is 2.14. The zero-order chi connectivity index (χ0) is 8.85. The fourth-order valence-corrected chi connectivity index (χ4v) is 1.55. The van der Waals surface area contributed by atoms with E-state index < -0.39 is 0 Å². The summed E-state index contributed by atoms with van der Waals surface area (Å²) < 4.78 is 1.96. The standard InChI is InChI=1S/C6H5Br2N.CHN/c7-4-1-2-6(9)5(8)3-4;1-2/h1-3H,9H2;1H. The van der Waals surface area contributed by atoms with Gasteiger partial charge in [0.15, 0.2) is 0 Å². The first-order valence-electron chi connectivity index (χ1n) is 2.66. The predicted octanol–water partition coefficient (Wildman–Crippen LogP) is 2.93. The highest BCUT2D eigenvalue weighted by atomic mass is 79.9. The molecule has 2 nitrogen and oxygen atoms in total. The first-order chi connectivity index (χ1) is 5.20. The maximum absolute atomic E-state index is 6.50. The molecule has 2 N–H and O–H groups in total. The van der Waals surface area contributed by atoms with Crippen LogP contribution in [-0.4, -0.2) is 0 Å². The van der Waals surface area contributed by atoms with Crippen molar-refractivity contribution in [3.05, 3.63) is 27.1 Å². The predicted molar refractivity (Wildman–Crippen MR) is 52.9 cm³/mol. The molecule has 0 heterocycles. The lowest BCUT2D eigenvalue weighted by Crippen LogP contribution is -1.84. The van der Waals surface area contributed by atoms with Gasteiger partial charge in [-0.1, -0.05) is 15.9 Å². The molecule has 0 unspecified atom stereocenters. The van der Waals surface area contributed by atoms with E-state index in [-0.39, 0.29) is 0 Å². The second kappa shape index (κ2) is 5.16. The van der Waals surface area contributed by atoms with Gasteiger partial charge in [0.1, 0.15) is 0 Å². The van der Waals surface area contributed by atoms with Crippen LogP contribution < -0.4 is 5.73 Å². The summed E-state index contributed by atoms with van der Waals surface area (Å²) >= 11 is 6.60. The highest BCUT2D eigenvalue weighted by molar-refractivity contribution is 9.11. The Balaban J connectivity index is 0.000000461. The minimum absolute atomic E-state index is 0.762. The Morgan fingerprint density at radius 2 is 1.82 bits per heavy atom. The molecule has 0 spiro atoms. The monoisotopic (exact) mass is 276 g/mol. The molecule has 0 saturated heterocycles. The Kier molecular flexibility index (Phi) is 4.92. The Labute approximate surface area is 82.3 Å². The van der Waals surface area contributed by atoms with Gasteiger partial charge in [0.05, 0.1) is 0 Å². The van der Waals surface area contributed by atoms with Crippen molar-refractivity contribution in [3.8, 4) is 6.57 Å². The van der Waals surface area contributed by atoms with Crippen LogP contribution in [0.15, 0.2) is 27.1 Å². The molecule has 0 saturated carbocycles. The van der Waals surface area contributed by atoms with Crippen LogP contribution in [0, 0.1) is 11.8 Å². The van der Waals surface area contributed by atoms with Gasteiger partial charge in [-0.2, -0.15) is 0 Å². The Morgan fingerprint density at radius 3 is 2.18 bits per heavy atom. The van der Waals surface area contributed by atoms with Crippen LogP contribution in [0.2, 0.25) is 0 Å². The van der Waals surface area contributed by atoms with Crippen LogP contribution in [0.3, 0.4) is 0 Å². The topological polar surface area (TPSA) is 49.8 Å². The second-order valence-electron chi connectivity index (χ2n) is 1.67. The normalized spacial score (nSPS) is 8.00. The number of nitrogens with zero attached hydrogens (tertiary/aromatic N) is 1. The average molecular weight is 278 g/mol. The first-order valence-corrected chi connectivity index (χ1v) is 4.25. The number of benzene rings is 1. The van der Waals surface area contributed by atoms with Crippen LogP contribution in [0.4, 0.5) is 5.69 Å². The molecule has 0 aliphatic heterocycles. The Bertz CT molecular complexity index is 258. The van der Waals surface area contributed by atoms with Crippen LogP contribution in [-0.2, 0) is 0 Å². The van der Waals surface area contributed by atoms with E-state index in [2.05, 4.69) is 38.4 Å². The number of nitriles is 1. The molecule has 0 radical (unpaired) electrons. The van der Waals surface area contributed by atoms with Gasteiger partial charge in [0.25, 0.3) is 0 Å². The van der Waals surface area contributed by atoms with Crippen LogP contribution in [0.5, 0.6) is 0 Å². The summed E-state index contributed by atoms with van der Waals surface area (Å²) in [5, 5.41) is 6.50. The molecular formula is C7H6Br2N2. The molecular weight excluding hydrogens is 272 g/mol. The Morgan fingerprint density at radius 1 is 1.27 bits per heavy atom. The molecule has 0 fully saturated rings. The zero-order valence-electron chi connectivity index (χ0n) is 5.59. The van der Waals surface area contributed by atoms with Crippen molar-refractivity contribution in [1.82, 2.24) is 0 Å². The van der Waals surface area contributed by atoms with E-state index in [9.17, 15) is 0 Å². The van der Waals surface area contributed by atoms with Crippen LogP contribution >= 0.6 is 31.9 Å². The SMILES string of the molecule is C#N.Nc1ccc(Br)cc1Br. The van der Waals surface area contributed by atoms with Crippen LogP contribution in [0.25, 0.3) is 0 Å². The smallest absolute Gasteiger partial charge is 0.0462 e. The average Bonchev–Trinajstić information content (AvgIpc) is 2.02. The fourth-order valence-electron chi connectivity index (χ4n) is 0.502. The largest absolute Gasteiger partial charge is 0.398 e. The van der Waals surface area contributed by atoms with Gasteiger partial charge >= 0.3 is 0 Å². The van der Waals surface area contributed by atoms with Gasteiger partial charge in [0, 0.05) is 21.2 Å². The molecule has 4 heteroatoms. The minimum atomic E-state index is 0.762. The quantitative estimate of drug-likeness (QED) is 0.742. The van der Waals surface area contributed by atoms with Gasteiger partial charge in [0.2, 0.25) is 0 Å². The molecule has 58 valence electrons. The molecule has 0 aliphatic carbocycles. The number of hydrogen-bond acceptors (Lipinski definition) is 2. The van der Waals surface area contributed by atoms with Gasteiger partial charge in [-0.3, -0.25) is 0 Å². The summed E-state index contributed by atoms with van der Waals surface area (Å²) in [7, 11) is 0. The van der Waals surface area contributed by atoms with E-state index in [1.807, 2.05) is 18.2 Å². The molecule has 1 rings (SSSR count). The zero-order valence-corrected chi connectivity index (χ0v) is 8.76. The highest BCUT2D eigenvalue weighted by Gasteiger charge is 1.92. The van der Waals surface area contributed by atoms with Crippen molar-refractivity contribution in [2.75, 3.05) is 5.73 Å². The summed E-state index contributed by atoms with van der Waals surface area (Å²) in [6.45, 7) is 3.50. The van der Waals surface area contributed by atoms with E-state index in [0.717, 1.165) is 14.6 Å². The molecule has 1 aromatic rings. The van der Waals surface area contributed by atoms with Crippen LogP contribution in [0.1, 0.15) is 0 Å². The molecule has 0 amide bonds. The maximum Gasteiger partial charge on any atom is 0.0462 e. The van der Waals surface area contributed by atoms with Gasteiger partial charge in [-0.05, 0) is 34.1 Å². The van der Waals surface area contributed by atoms with Crippen molar-refractivity contribution >= 4 is 37.5 Å². The van der Waals surface area contributed by atoms with Crippen molar-refractivity contribution in [3.63, 3.8) is 0 Å². The highest BCUT2D eigenvalue weighted by Crippen LogP contribution is 2.22. The van der Waals surface area contributed by atoms with Gasteiger partial charge < -0.3 is 5.73 Å². The number of rotatable bonds is 0. The molecule has 0 bridgehead atoms. The lowest BCUT2D eigenvalue weighted by Gasteiger charge is -1.95. The van der Waals surface area contributed by atoms with Crippen molar-refractivity contribution in [2.24, 2.45) is 0 Å². The summed E-state index contributed by atoms with van der Waals surface area (Å²) in [5.74, 6) is 0. The number of halogens is 2. The van der Waals surface area contributed by atoms with E-state index >= 15 is 0 Å². The lowest BCUT2D eigenvalue weighted by molar-refractivity contribution is 1.58. The van der Waals surface area contributed by atoms with E-state index in [1.165, 1.54) is 0 Å². The number of hydrogen-bond donors (Lipinski definition) is 1. The summed E-state index contributed by atoms with van der Waals surface area (Å²) in [5.41, 5.74) is 6.28. The first kappa shape index (κ1) is 10.5. The minimum Gasteiger partial charge on any atom is -0.398 e.